The van der Waals surface area contributed by atoms with Crippen molar-refractivity contribution >= 4 is 32.7 Å². The van der Waals surface area contributed by atoms with Crippen LogP contribution in [0.3, 0.4) is 0 Å². The Morgan fingerprint density at radius 2 is 1.61 bits per heavy atom. The molecule has 2 heterocycles. The number of sulfonamides is 1. The molecule has 0 radical (unpaired) electrons. The fourth-order valence-corrected chi connectivity index (χ4v) is 4.47. The number of anilines is 2. The van der Waals surface area contributed by atoms with E-state index in [1.807, 2.05) is 29.2 Å². The summed E-state index contributed by atoms with van der Waals surface area (Å²) < 4.78 is 38.2. The quantitative estimate of drug-likeness (QED) is 0.627. The molecule has 0 fully saturated rings. The number of aromatic nitrogens is 2. The summed E-state index contributed by atoms with van der Waals surface area (Å²) in [6, 6.07) is 13.7. The summed E-state index contributed by atoms with van der Waals surface area (Å²) in [6.45, 7) is 1.08. The minimum absolute atomic E-state index is 0.128. The van der Waals surface area contributed by atoms with Gasteiger partial charge in [0, 0.05) is 13.7 Å². The minimum Gasteiger partial charge on any atom is -0.497 e. The lowest BCUT2D eigenvalue weighted by molar-refractivity contribution is 0.205. The third-order valence-corrected chi connectivity index (χ3v) is 6.32. The maximum atomic E-state index is 13.3. The summed E-state index contributed by atoms with van der Waals surface area (Å²) in [5.74, 6) is 1.45. The molecule has 0 amide bonds. The van der Waals surface area contributed by atoms with E-state index < -0.39 is 10.0 Å². The molecule has 0 spiro atoms. The van der Waals surface area contributed by atoms with Crippen LogP contribution in [0.4, 0.5) is 11.6 Å². The number of rotatable bonds is 6. The summed E-state index contributed by atoms with van der Waals surface area (Å²) in [6.07, 6.45) is 0. The molecule has 3 aromatic rings. The van der Waals surface area contributed by atoms with E-state index in [2.05, 4.69) is 9.97 Å². The topological polar surface area (TPSA) is 84.9 Å². The molecule has 146 valence electrons. The van der Waals surface area contributed by atoms with Gasteiger partial charge in [0.25, 0.3) is 10.0 Å². The third-order valence-electron chi connectivity index (χ3n) is 4.58. The van der Waals surface area contributed by atoms with Gasteiger partial charge in [-0.05, 0) is 36.4 Å². The maximum Gasteiger partial charge on any atom is 0.267 e. The van der Waals surface area contributed by atoms with E-state index >= 15 is 0 Å². The van der Waals surface area contributed by atoms with Crippen molar-refractivity contribution < 1.29 is 17.9 Å². The lowest BCUT2D eigenvalue weighted by Crippen LogP contribution is -2.37. The Bertz CT molecular complexity index is 1100. The molecule has 0 N–H and O–H groups in total. The van der Waals surface area contributed by atoms with Crippen LogP contribution in [0, 0.1) is 0 Å². The summed E-state index contributed by atoms with van der Waals surface area (Å²) in [4.78, 5) is 11.3. The van der Waals surface area contributed by atoms with Crippen molar-refractivity contribution in [1.82, 2.24) is 9.97 Å². The number of benzene rings is 2. The lowest BCUT2D eigenvalue weighted by atomic mass is 10.3. The van der Waals surface area contributed by atoms with Crippen LogP contribution in [-0.4, -0.2) is 52.4 Å². The van der Waals surface area contributed by atoms with Gasteiger partial charge >= 0.3 is 0 Å². The van der Waals surface area contributed by atoms with Crippen molar-refractivity contribution in [3.8, 4) is 5.75 Å². The number of ether oxygens (including phenoxy) is 2. The molecule has 0 unspecified atom stereocenters. The first-order valence-corrected chi connectivity index (χ1v) is 10.2. The van der Waals surface area contributed by atoms with Crippen LogP contribution < -0.4 is 13.9 Å². The molecule has 0 bridgehead atoms. The number of para-hydroxylation sites is 2. The van der Waals surface area contributed by atoms with Crippen molar-refractivity contribution in [2.24, 2.45) is 0 Å². The molecule has 1 aromatic heterocycles. The highest BCUT2D eigenvalue weighted by Gasteiger charge is 2.37. The SMILES string of the molecule is COCCN1CN(S(=O)(=O)c2ccc(OC)cc2)c2nc3ccccc3nc21. The van der Waals surface area contributed by atoms with E-state index in [9.17, 15) is 8.42 Å². The molecule has 0 saturated carbocycles. The van der Waals surface area contributed by atoms with Gasteiger partial charge < -0.3 is 14.4 Å². The van der Waals surface area contributed by atoms with Gasteiger partial charge in [-0.25, -0.2) is 22.7 Å². The Kier molecular flexibility index (Phi) is 4.78. The second kappa shape index (κ2) is 7.25. The van der Waals surface area contributed by atoms with Crippen LogP contribution in [0.1, 0.15) is 0 Å². The fraction of sp³-hybridized carbons (Fsp3) is 0.263. The van der Waals surface area contributed by atoms with Gasteiger partial charge in [0.15, 0.2) is 11.6 Å². The van der Waals surface area contributed by atoms with Gasteiger partial charge in [0.1, 0.15) is 12.4 Å². The predicted molar refractivity (Wildman–Crippen MR) is 106 cm³/mol. The highest BCUT2D eigenvalue weighted by atomic mass is 32.2. The van der Waals surface area contributed by atoms with Crippen molar-refractivity contribution in [2.75, 3.05) is 43.2 Å². The van der Waals surface area contributed by atoms with Crippen molar-refractivity contribution in [3.63, 3.8) is 0 Å². The zero-order valence-electron chi connectivity index (χ0n) is 15.6. The first kappa shape index (κ1) is 18.5. The molecule has 9 heteroatoms. The molecule has 1 aliphatic heterocycles. The van der Waals surface area contributed by atoms with Crippen molar-refractivity contribution in [3.05, 3.63) is 48.5 Å². The van der Waals surface area contributed by atoms with Crippen molar-refractivity contribution in [1.29, 1.82) is 0 Å². The van der Waals surface area contributed by atoms with Crippen LogP contribution >= 0.6 is 0 Å². The Morgan fingerprint density at radius 3 is 2.21 bits per heavy atom. The second-order valence-electron chi connectivity index (χ2n) is 6.29. The number of hydrogen-bond donors (Lipinski definition) is 0. The lowest BCUT2D eigenvalue weighted by Gasteiger charge is -2.20. The monoisotopic (exact) mass is 400 g/mol. The molecule has 8 nitrogen and oxygen atoms in total. The Hall–Kier alpha value is -2.91. The Morgan fingerprint density at radius 1 is 0.964 bits per heavy atom. The zero-order chi connectivity index (χ0) is 19.7. The highest BCUT2D eigenvalue weighted by molar-refractivity contribution is 7.92. The van der Waals surface area contributed by atoms with Crippen LogP contribution in [0.5, 0.6) is 5.75 Å². The largest absolute Gasteiger partial charge is 0.497 e. The predicted octanol–water partition coefficient (Wildman–Crippen LogP) is 2.26. The van der Waals surface area contributed by atoms with Gasteiger partial charge in [-0.15, -0.1) is 0 Å². The highest BCUT2D eigenvalue weighted by Crippen LogP contribution is 2.37. The zero-order valence-corrected chi connectivity index (χ0v) is 16.4. The van der Waals surface area contributed by atoms with Crippen LogP contribution in [0.2, 0.25) is 0 Å². The summed E-state index contributed by atoms with van der Waals surface area (Å²) in [5.41, 5.74) is 1.36. The molecule has 0 aliphatic carbocycles. The third kappa shape index (κ3) is 3.12. The summed E-state index contributed by atoms with van der Waals surface area (Å²) in [7, 11) is -0.669. The van der Waals surface area contributed by atoms with Gasteiger partial charge in [-0.2, -0.15) is 0 Å². The first-order chi connectivity index (χ1) is 13.5. The number of nitrogens with zero attached hydrogens (tertiary/aromatic N) is 4. The normalized spacial score (nSPS) is 13.8. The number of methoxy groups -OCH3 is 2. The van der Waals surface area contributed by atoms with Gasteiger partial charge in [0.05, 0.1) is 29.6 Å². The molecule has 1 aliphatic rings. The van der Waals surface area contributed by atoms with E-state index in [4.69, 9.17) is 9.47 Å². The van der Waals surface area contributed by atoms with E-state index in [0.717, 1.165) is 0 Å². The van der Waals surface area contributed by atoms with Crippen LogP contribution in [0.15, 0.2) is 53.4 Å². The average Bonchev–Trinajstić information content (AvgIpc) is 3.08. The molecule has 28 heavy (non-hydrogen) atoms. The summed E-state index contributed by atoms with van der Waals surface area (Å²) in [5, 5.41) is 0. The van der Waals surface area contributed by atoms with Gasteiger partial charge in [0.2, 0.25) is 0 Å². The second-order valence-corrected chi connectivity index (χ2v) is 8.15. The maximum absolute atomic E-state index is 13.3. The molecular formula is C19H20N4O4S. The van der Waals surface area contributed by atoms with Crippen molar-refractivity contribution in [2.45, 2.75) is 4.90 Å². The average molecular weight is 400 g/mol. The minimum atomic E-state index is -3.81. The van der Waals surface area contributed by atoms with Crippen LogP contribution in [0.25, 0.3) is 11.0 Å². The molecule has 2 aromatic carbocycles. The molecular weight excluding hydrogens is 380 g/mol. The van der Waals surface area contributed by atoms with Gasteiger partial charge in [-0.3, -0.25) is 0 Å². The van der Waals surface area contributed by atoms with E-state index in [-0.39, 0.29) is 11.6 Å². The first-order valence-electron chi connectivity index (χ1n) is 8.72. The molecule has 4 rings (SSSR count). The van der Waals surface area contributed by atoms with Crippen LogP contribution in [-0.2, 0) is 14.8 Å². The Balaban J connectivity index is 1.80. The van der Waals surface area contributed by atoms with E-state index in [0.29, 0.717) is 41.6 Å². The van der Waals surface area contributed by atoms with E-state index in [1.54, 1.807) is 19.2 Å². The molecule has 0 atom stereocenters. The smallest absolute Gasteiger partial charge is 0.267 e. The van der Waals surface area contributed by atoms with Gasteiger partial charge in [-0.1, -0.05) is 12.1 Å². The fourth-order valence-electron chi connectivity index (χ4n) is 3.09. The Labute approximate surface area is 163 Å². The number of fused-ring (bicyclic) bond motifs is 2. The number of hydrogen-bond acceptors (Lipinski definition) is 7. The van der Waals surface area contributed by atoms with E-state index in [1.165, 1.54) is 23.5 Å². The summed E-state index contributed by atoms with van der Waals surface area (Å²) >= 11 is 0. The standard InChI is InChI=1S/C19H20N4O4S/c1-26-12-11-22-13-23(28(24,25)15-9-7-14(27-2)8-10-15)19-18(22)20-16-5-3-4-6-17(16)21-19/h3-10H,11-13H2,1-2H3. The molecule has 0 saturated heterocycles.